The third-order valence-corrected chi connectivity index (χ3v) is 3.56. The highest BCUT2D eigenvalue weighted by Gasteiger charge is 2.36. The molecular formula is C14H21ClN2O2. The molecule has 1 fully saturated rings. The Morgan fingerprint density at radius 3 is 2.68 bits per heavy atom. The lowest BCUT2D eigenvalue weighted by molar-refractivity contribution is -0.127. The molecule has 2 atom stereocenters. The van der Waals surface area contributed by atoms with Crippen LogP contribution >= 0.6 is 12.4 Å². The molecule has 0 spiro atoms. The number of rotatable bonds is 4. The number of benzene rings is 1. The van der Waals surface area contributed by atoms with E-state index in [4.69, 9.17) is 0 Å². The van der Waals surface area contributed by atoms with E-state index >= 15 is 0 Å². The van der Waals surface area contributed by atoms with Crippen LogP contribution in [0.15, 0.2) is 30.3 Å². The number of halogens is 1. The SMILES string of the molecule is CC1(C(=O)N[C@H](CO)c2ccccc2)CCCN1.Cl. The highest BCUT2D eigenvalue weighted by Crippen LogP contribution is 2.20. The summed E-state index contributed by atoms with van der Waals surface area (Å²) in [5.74, 6) is -0.0390. The molecule has 1 amide bonds. The number of aliphatic hydroxyl groups excluding tert-OH is 1. The minimum absolute atomic E-state index is 0. The van der Waals surface area contributed by atoms with Crippen LogP contribution in [0.25, 0.3) is 0 Å². The van der Waals surface area contributed by atoms with Gasteiger partial charge in [-0.3, -0.25) is 4.79 Å². The highest BCUT2D eigenvalue weighted by atomic mass is 35.5. The van der Waals surface area contributed by atoms with Crippen LogP contribution in [0.2, 0.25) is 0 Å². The molecule has 19 heavy (non-hydrogen) atoms. The molecule has 106 valence electrons. The summed E-state index contributed by atoms with van der Waals surface area (Å²) in [6.07, 6.45) is 1.85. The van der Waals surface area contributed by atoms with Crippen molar-refractivity contribution in [3.63, 3.8) is 0 Å². The standard InChI is InChI=1S/C14H20N2O2.ClH/c1-14(8-5-9-15-14)13(18)16-12(10-17)11-6-3-2-4-7-11;/h2-4,6-7,12,15,17H,5,8-10H2,1H3,(H,16,18);1H/t12-,14?;/m1./s1. The van der Waals surface area contributed by atoms with Crippen LogP contribution in [-0.4, -0.2) is 29.7 Å². The average molecular weight is 285 g/mol. The van der Waals surface area contributed by atoms with Crippen molar-refractivity contribution in [3.05, 3.63) is 35.9 Å². The topological polar surface area (TPSA) is 61.4 Å². The van der Waals surface area contributed by atoms with E-state index in [0.717, 1.165) is 24.9 Å². The molecular weight excluding hydrogens is 264 g/mol. The molecule has 1 aliphatic rings. The second-order valence-corrected chi connectivity index (χ2v) is 4.98. The van der Waals surface area contributed by atoms with E-state index in [9.17, 15) is 9.90 Å². The number of hydrogen-bond donors (Lipinski definition) is 3. The fraction of sp³-hybridized carbons (Fsp3) is 0.500. The molecule has 4 nitrogen and oxygen atoms in total. The first-order chi connectivity index (χ1) is 8.65. The van der Waals surface area contributed by atoms with Crippen molar-refractivity contribution in [2.24, 2.45) is 0 Å². The van der Waals surface area contributed by atoms with Crippen LogP contribution in [-0.2, 0) is 4.79 Å². The fourth-order valence-electron chi connectivity index (χ4n) is 2.33. The average Bonchev–Trinajstić information content (AvgIpc) is 2.85. The Hall–Kier alpha value is -1.10. The van der Waals surface area contributed by atoms with E-state index in [1.165, 1.54) is 0 Å². The molecule has 5 heteroatoms. The summed E-state index contributed by atoms with van der Waals surface area (Å²) in [5, 5.41) is 15.6. The maximum atomic E-state index is 12.2. The van der Waals surface area contributed by atoms with E-state index in [2.05, 4.69) is 10.6 Å². The van der Waals surface area contributed by atoms with E-state index < -0.39 is 5.54 Å². The van der Waals surface area contributed by atoms with Crippen molar-refractivity contribution < 1.29 is 9.90 Å². The summed E-state index contributed by atoms with van der Waals surface area (Å²) in [4.78, 5) is 12.2. The predicted octanol–water partition coefficient (Wildman–Crippen LogP) is 1.40. The van der Waals surface area contributed by atoms with Gasteiger partial charge in [0.05, 0.1) is 18.2 Å². The quantitative estimate of drug-likeness (QED) is 0.783. The Balaban J connectivity index is 0.00000180. The minimum atomic E-state index is -0.498. The lowest BCUT2D eigenvalue weighted by atomic mass is 9.98. The van der Waals surface area contributed by atoms with Gasteiger partial charge in [0.2, 0.25) is 5.91 Å². The normalized spacial score (nSPS) is 23.5. The number of hydrogen-bond acceptors (Lipinski definition) is 3. The van der Waals surface area contributed by atoms with Gasteiger partial charge in [-0.1, -0.05) is 30.3 Å². The van der Waals surface area contributed by atoms with Gasteiger partial charge in [0.25, 0.3) is 0 Å². The Kier molecular flexibility index (Phi) is 5.79. The van der Waals surface area contributed by atoms with Crippen molar-refractivity contribution in [2.75, 3.05) is 13.2 Å². The summed E-state index contributed by atoms with van der Waals surface area (Å²) < 4.78 is 0. The maximum Gasteiger partial charge on any atom is 0.240 e. The number of carbonyl (C=O) groups excluding carboxylic acids is 1. The first-order valence-electron chi connectivity index (χ1n) is 6.37. The second-order valence-electron chi connectivity index (χ2n) is 4.98. The molecule has 1 aliphatic heterocycles. The summed E-state index contributed by atoms with van der Waals surface area (Å²) in [7, 11) is 0. The van der Waals surface area contributed by atoms with Crippen LogP contribution in [0.5, 0.6) is 0 Å². The van der Waals surface area contributed by atoms with Gasteiger partial charge in [-0.05, 0) is 31.9 Å². The molecule has 1 unspecified atom stereocenters. The molecule has 1 aromatic carbocycles. The number of carbonyl (C=O) groups is 1. The van der Waals surface area contributed by atoms with Gasteiger partial charge in [-0.2, -0.15) is 0 Å². The van der Waals surface area contributed by atoms with E-state index in [-0.39, 0.29) is 31.0 Å². The van der Waals surface area contributed by atoms with Crippen LogP contribution in [0, 0.1) is 0 Å². The molecule has 0 aromatic heterocycles. The van der Waals surface area contributed by atoms with E-state index in [1.54, 1.807) is 0 Å². The van der Waals surface area contributed by atoms with Crippen molar-refractivity contribution in [1.82, 2.24) is 10.6 Å². The Bertz CT molecular complexity index is 405. The van der Waals surface area contributed by atoms with E-state index in [1.807, 2.05) is 37.3 Å². The van der Waals surface area contributed by atoms with Gasteiger partial charge >= 0.3 is 0 Å². The number of aliphatic hydroxyl groups is 1. The van der Waals surface area contributed by atoms with Crippen LogP contribution in [0.3, 0.4) is 0 Å². The second kappa shape index (κ2) is 6.89. The predicted molar refractivity (Wildman–Crippen MR) is 77.3 cm³/mol. The summed E-state index contributed by atoms with van der Waals surface area (Å²) in [5.41, 5.74) is 0.428. The van der Waals surface area contributed by atoms with Gasteiger partial charge in [-0.15, -0.1) is 12.4 Å². The zero-order chi connectivity index (χ0) is 13.0. The molecule has 0 radical (unpaired) electrons. The molecule has 1 heterocycles. The molecule has 0 aliphatic carbocycles. The monoisotopic (exact) mass is 284 g/mol. The van der Waals surface area contributed by atoms with Gasteiger partial charge < -0.3 is 15.7 Å². The Labute approximate surface area is 120 Å². The largest absolute Gasteiger partial charge is 0.394 e. The maximum absolute atomic E-state index is 12.2. The fourth-order valence-corrected chi connectivity index (χ4v) is 2.33. The summed E-state index contributed by atoms with van der Waals surface area (Å²) in [6, 6.07) is 9.20. The Morgan fingerprint density at radius 2 is 2.16 bits per heavy atom. The summed E-state index contributed by atoms with van der Waals surface area (Å²) in [6.45, 7) is 2.69. The lowest BCUT2D eigenvalue weighted by Crippen LogP contribution is -2.52. The van der Waals surface area contributed by atoms with E-state index in [0.29, 0.717) is 0 Å². The molecule has 1 aromatic rings. The molecule has 0 saturated carbocycles. The molecule has 3 N–H and O–H groups in total. The van der Waals surface area contributed by atoms with Gasteiger partial charge in [0.1, 0.15) is 0 Å². The Morgan fingerprint density at radius 1 is 1.47 bits per heavy atom. The van der Waals surface area contributed by atoms with Crippen molar-refractivity contribution >= 4 is 18.3 Å². The van der Waals surface area contributed by atoms with Gasteiger partial charge in [-0.25, -0.2) is 0 Å². The first-order valence-corrected chi connectivity index (χ1v) is 6.37. The lowest BCUT2D eigenvalue weighted by Gasteiger charge is -2.26. The molecule has 0 bridgehead atoms. The molecule has 1 saturated heterocycles. The van der Waals surface area contributed by atoms with Crippen molar-refractivity contribution in [2.45, 2.75) is 31.3 Å². The molecule has 2 rings (SSSR count). The first kappa shape index (κ1) is 16.0. The van der Waals surface area contributed by atoms with Crippen LogP contribution in [0.1, 0.15) is 31.4 Å². The zero-order valence-electron chi connectivity index (χ0n) is 11.1. The van der Waals surface area contributed by atoms with Crippen molar-refractivity contribution in [1.29, 1.82) is 0 Å². The van der Waals surface area contributed by atoms with Gasteiger partial charge in [0.15, 0.2) is 0 Å². The van der Waals surface area contributed by atoms with Crippen LogP contribution < -0.4 is 10.6 Å². The number of nitrogens with one attached hydrogen (secondary N) is 2. The van der Waals surface area contributed by atoms with Crippen LogP contribution in [0.4, 0.5) is 0 Å². The summed E-state index contributed by atoms with van der Waals surface area (Å²) >= 11 is 0. The smallest absolute Gasteiger partial charge is 0.240 e. The van der Waals surface area contributed by atoms with Crippen molar-refractivity contribution in [3.8, 4) is 0 Å². The van der Waals surface area contributed by atoms with Gasteiger partial charge in [0, 0.05) is 0 Å². The third kappa shape index (κ3) is 3.69. The highest BCUT2D eigenvalue weighted by molar-refractivity contribution is 5.86. The number of amides is 1. The third-order valence-electron chi connectivity index (χ3n) is 3.56. The minimum Gasteiger partial charge on any atom is -0.394 e. The zero-order valence-corrected chi connectivity index (χ0v) is 11.9.